The van der Waals surface area contributed by atoms with Crippen LogP contribution in [0.5, 0.6) is 0 Å². The van der Waals surface area contributed by atoms with E-state index in [0.717, 1.165) is 11.1 Å². The molecule has 2 aromatic carbocycles. The molecule has 0 radical (unpaired) electrons. The quantitative estimate of drug-likeness (QED) is 0.498. The fraction of sp³-hybridized carbons (Fsp3) is 0.211. The van der Waals surface area contributed by atoms with Gasteiger partial charge in [0.1, 0.15) is 0 Å². The molecule has 0 saturated heterocycles. The third kappa shape index (κ3) is 4.07. The lowest BCUT2D eigenvalue weighted by Gasteiger charge is -2.04. The lowest BCUT2D eigenvalue weighted by atomic mass is 10.0. The maximum Gasteiger partial charge on any atom is 0.267 e. The molecule has 122 valence electrons. The lowest BCUT2D eigenvalue weighted by Crippen LogP contribution is -1.90. The van der Waals surface area contributed by atoms with Crippen molar-refractivity contribution in [2.45, 2.75) is 26.4 Å². The predicted octanol–water partition coefficient (Wildman–Crippen LogP) is 4.41. The fourth-order valence-electron chi connectivity index (χ4n) is 2.18. The Morgan fingerprint density at radius 2 is 1.83 bits per heavy atom. The first-order valence-corrected chi connectivity index (χ1v) is 7.85. The van der Waals surface area contributed by atoms with Crippen molar-refractivity contribution in [2.75, 3.05) is 0 Å². The van der Waals surface area contributed by atoms with Crippen molar-refractivity contribution in [3.05, 3.63) is 71.6 Å². The maximum absolute atomic E-state index is 5.22. The van der Waals surface area contributed by atoms with Gasteiger partial charge in [-0.3, -0.25) is 0 Å². The molecule has 0 aliphatic rings. The van der Waals surface area contributed by atoms with Crippen LogP contribution in [0, 0.1) is 0 Å². The van der Waals surface area contributed by atoms with Crippen LogP contribution in [-0.2, 0) is 11.4 Å². The van der Waals surface area contributed by atoms with Gasteiger partial charge < -0.3 is 9.36 Å². The molecule has 0 aliphatic heterocycles. The van der Waals surface area contributed by atoms with Crippen LogP contribution < -0.4 is 0 Å². The zero-order valence-corrected chi connectivity index (χ0v) is 13.7. The number of hydrogen-bond acceptors (Lipinski definition) is 5. The molecule has 0 unspecified atom stereocenters. The van der Waals surface area contributed by atoms with E-state index in [1.165, 1.54) is 5.56 Å². The molecule has 5 heteroatoms. The first-order valence-electron chi connectivity index (χ1n) is 7.85. The Kier molecular flexibility index (Phi) is 5.01. The highest BCUT2D eigenvalue weighted by Gasteiger charge is 2.08. The van der Waals surface area contributed by atoms with Crippen LogP contribution in [-0.4, -0.2) is 16.4 Å². The molecule has 0 fully saturated rings. The minimum Gasteiger partial charge on any atom is -0.386 e. The normalized spacial score (nSPS) is 11.3. The van der Waals surface area contributed by atoms with Crippen LogP contribution in [0.2, 0.25) is 0 Å². The predicted molar refractivity (Wildman–Crippen MR) is 92.6 cm³/mol. The highest BCUT2D eigenvalue weighted by atomic mass is 16.6. The number of nitrogens with zero attached hydrogens (tertiary/aromatic N) is 3. The van der Waals surface area contributed by atoms with Gasteiger partial charge in [-0.25, -0.2) is 0 Å². The van der Waals surface area contributed by atoms with Gasteiger partial charge in [-0.05, 0) is 17.0 Å². The summed E-state index contributed by atoms with van der Waals surface area (Å²) in [7, 11) is 0. The highest BCUT2D eigenvalue weighted by Crippen LogP contribution is 2.15. The molecular weight excluding hydrogens is 302 g/mol. The van der Waals surface area contributed by atoms with E-state index in [9.17, 15) is 0 Å². The average molecular weight is 321 g/mol. The minimum absolute atomic E-state index is 0.139. The summed E-state index contributed by atoms with van der Waals surface area (Å²) in [6, 6.07) is 17.9. The Bertz CT molecular complexity index is 793. The van der Waals surface area contributed by atoms with Crippen LogP contribution >= 0.6 is 0 Å². The lowest BCUT2D eigenvalue weighted by molar-refractivity contribution is 0.107. The fourth-order valence-corrected chi connectivity index (χ4v) is 2.18. The van der Waals surface area contributed by atoms with E-state index in [-0.39, 0.29) is 6.61 Å². The molecule has 24 heavy (non-hydrogen) atoms. The van der Waals surface area contributed by atoms with E-state index in [1.807, 2.05) is 42.5 Å². The zero-order chi connectivity index (χ0) is 16.8. The summed E-state index contributed by atoms with van der Waals surface area (Å²) in [5, 5.41) is 7.87. The second-order valence-corrected chi connectivity index (χ2v) is 5.71. The second-order valence-electron chi connectivity index (χ2n) is 5.71. The monoisotopic (exact) mass is 321 g/mol. The van der Waals surface area contributed by atoms with Gasteiger partial charge >= 0.3 is 0 Å². The van der Waals surface area contributed by atoms with Gasteiger partial charge in [0.05, 0.1) is 6.21 Å². The SMILES string of the molecule is CC(C)c1ccc(/C=N\OCc2nc(-c3ccccc3)no2)cc1. The molecule has 0 atom stereocenters. The number of benzene rings is 2. The summed E-state index contributed by atoms with van der Waals surface area (Å²) in [5.41, 5.74) is 3.18. The number of hydrogen-bond donors (Lipinski definition) is 0. The summed E-state index contributed by atoms with van der Waals surface area (Å²) in [5.74, 6) is 1.45. The van der Waals surface area contributed by atoms with E-state index in [0.29, 0.717) is 17.6 Å². The third-order valence-corrected chi connectivity index (χ3v) is 3.57. The van der Waals surface area contributed by atoms with Crippen molar-refractivity contribution in [1.82, 2.24) is 10.1 Å². The Morgan fingerprint density at radius 3 is 2.54 bits per heavy atom. The molecule has 1 aromatic heterocycles. The van der Waals surface area contributed by atoms with Gasteiger partial charge in [0.25, 0.3) is 5.89 Å². The first-order chi connectivity index (χ1) is 11.7. The van der Waals surface area contributed by atoms with E-state index in [4.69, 9.17) is 9.36 Å². The van der Waals surface area contributed by atoms with Crippen LogP contribution in [0.15, 0.2) is 64.3 Å². The Balaban J connectivity index is 1.54. The highest BCUT2D eigenvalue weighted by molar-refractivity contribution is 5.79. The summed E-state index contributed by atoms with van der Waals surface area (Å²) in [4.78, 5) is 9.50. The van der Waals surface area contributed by atoms with Gasteiger partial charge in [0, 0.05) is 5.56 Å². The van der Waals surface area contributed by atoms with Crippen molar-refractivity contribution < 1.29 is 9.36 Å². The summed E-state index contributed by atoms with van der Waals surface area (Å²) in [6.45, 7) is 4.47. The summed E-state index contributed by atoms with van der Waals surface area (Å²) in [6.07, 6.45) is 1.67. The molecule has 3 aromatic rings. The van der Waals surface area contributed by atoms with E-state index in [1.54, 1.807) is 6.21 Å². The molecule has 0 N–H and O–H groups in total. The zero-order valence-electron chi connectivity index (χ0n) is 13.7. The molecular formula is C19H19N3O2. The van der Waals surface area contributed by atoms with E-state index in [2.05, 4.69) is 41.3 Å². The van der Waals surface area contributed by atoms with E-state index < -0.39 is 0 Å². The first kappa shape index (κ1) is 15.9. The Labute approximate surface area is 141 Å². The molecule has 3 rings (SSSR count). The molecule has 0 spiro atoms. The molecule has 0 bridgehead atoms. The average Bonchev–Trinajstić information content (AvgIpc) is 3.09. The maximum atomic E-state index is 5.22. The van der Waals surface area contributed by atoms with Gasteiger partial charge in [-0.15, -0.1) is 0 Å². The summed E-state index contributed by atoms with van der Waals surface area (Å²) < 4.78 is 5.15. The molecule has 5 nitrogen and oxygen atoms in total. The standard InChI is InChI=1S/C19H19N3O2/c1-14(2)16-10-8-15(9-11-16)12-20-23-13-18-21-19(22-24-18)17-6-4-3-5-7-17/h3-12,14H,13H2,1-2H3/b20-12-. The van der Waals surface area contributed by atoms with Gasteiger partial charge in [-0.1, -0.05) is 78.8 Å². The topological polar surface area (TPSA) is 60.5 Å². The number of rotatable bonds is 6. The van der Waals surface area contributed by atoms with Crippen LogP contribution in [0.1, 0.15) is 36.8 Å². The van der Waals surface area contributed by atoms with Crippen molar-refractivity contribution in [3.8, 4) is 11.4 Å². The molecule has 1 heterocycles. The van der Waals surface area contributed by atoms with Crippen LogP contribution in [0.3, 0.4) is 0 Å². The molecule has 0 amide bonds. The smallest absolute Gasteiger partial charge is 0.267 e. The van der Waals surface area contributed by atoms with Crippen molar-refractivity contribution in [3.63, 3.8) is 0 Å². The Hall–Kier alpha value is -2.95. The van der Waals surface area contributed by atoms with Crippen molar-refractivity contribution >= 4 is 6.21 Å². The van der Waals surface area contributed by atoms with Crippen molar-refractivity contribution in [1.29, 1.82) is 0 Å². The van der Waals surface area contributed by atoms with Crippen LogP contribution in [0.25, 0.3) is 11.4 Å². The number of aromatic nitrogens is 2. The second kappa shape index (κ2) is 7.55. The molecule has 0 saturated carbocycles. The van der Waals surface area contributed by atoms with Gasteiger partial charge in [-0.2, -0.15) is 4.98 Å². The third-order valence-electron chi connectivity index (χ3n) is 3.57. The largest absolute Gasteiger partial charge is 0.386 e. The van der Waals surface area contributed by atoms with Gasteiger partial charge in [0.15, 0.2) is 6.61 Å². The summed E-state index contributed by atoms with van der Waals surface area (Å²) >= 11 is 0. The van der Waals surface area contributed by atoms with Crippen LogP contribution in [0.4, 0.5) is 0 Å². The Morgan fingerprint density at radius 1 is 1.08 bits per heavy atom. The molecule has 0 aliphatic carbocycles. The number of oxime groups is 1. The van der Waals surface area contributed by atoms with E-state index >= 15 is 0 Å². The van der Waals surface area contributed by atoms with Crippen molar-refractivity contribution in [2.24, 2.45) is 5.16 Å². The minimum atomic E-state index is 0.139. The van der Waals surface area contributed by atoms with Gasteiger partial charge in [0.2, 0.25) is 5.82 Å².